The van der Waals surface area contributed by atoms with Crippen molar-refractivity contribution in [1.82, 2.24) is 10.2 Å². The predicted molar refractivity (Wildman–Crippen MR) is 81.4 cm³/mol. The lowest BCUT2D eigenvalue weighted by Crippen LogP contribution is -2.65. The first kappa shape index (κ1) is 13.9. The molecule has 1 heterocycles. The largest absolute Gasteiger partial charge is 0.314 e. The van der Waals surface area contributed by atoms with E-state index in [4.69, 9.17) is 0 Å². The SMILES string of the molecule is CCC1CCCC(N2CCNCC23CCCCC3)C1. The van der Waals surface area contributed by atoms with Gasteiger partial charge in [-0.15, -0.1) is 0 Å². The summed E-state index contributed by atoms with van der Waals surface area (Å²) in [5.41, 5.74) is 0.538. The first-order valence-corrected chi connectivity index (χ1v) is 8.81. The van der Waals surface area contributed by atoms with Crippen molar-refractivity contribution < 1.29 is 0 Å². The van der Waals surface area contributed by atoms with Gasteiger partial charge in [0.25, 0.3) is 0 Å². The number of hydrogen-bond donors (Lipinski definition) is 1. The maximum absolute atomic E-state index is 3.70. The zero-order valence-electron chi connectivity index (χ0n) is 12.8. The molecular weight excluding hydrogens is 232 g/mol. The molecule has 0 amide bonds. The Labute approximate surface area is 119 Å². The second kappa shape index (κ2) is 6.13. The molecule has 2 unspecified atom stereocenters. The van der Waals surface area contributed by atoms with Gasteiger partial charge in [-0.2, -0.15) is 0 Å². The maximum Gasteiger partial charge on any atom is 0.0337 e. The van der Waals surface area contributed by atoms with Crippen LogP contribution in [0.4, 0.5) is 0 Å². The summed E-state index contributed by atoms with van der Waals surface area (Å²) in [6.07, 6.45) is 14.6. The molecule has 2 heteroatoms. The van der Waals surface area contributed by atoms with Crippen LogP contribution in [-0.2, 0) is 0 Å². The van der Waals surface area contributed by atoms with Crippen molar-refractivity contribution in [3.05, 3.63) is 0 Å². The highest BCUT2D eigenvalue weighted by Crippen LogP contribution is 2.40. The highest BCUT2D eigenvalue weighted by Gasteiger charge is 2.43. The minimum absolute atomic E-state index is 0.538. The molecule has 2 nitrogen and oxygen atoms in total. The lowest BCUT2D eigenvalue weighted by atomic mass is 9.75. The third-order valence-corrected chi connectivity index (χ3v) is 6.15. The highest BCUT2D eigenvalue weighted by molar-refractivity contribution is 5.01. The smallest absolute Gasteiger partial charge is 0.0337 e. The Morgan fingerprint density at radius 2 is 1.95 bits per heavy atom. The van der Waals surface area contributed by atoms with Crippen LogP contribution >= 0.6 is 0 Å². The van der Waals surface area contributed by atoms with Gasteiger partial charge in [-0.1, -0.05) is 45.4 Å². The number of nitrogens with one attached hydrogen (secondary N) is 1. The predicted octanol–water partition coefficient (Wildman–Crippen LogP) is 3.56. The van der Waals surface area contributed by atoms with Gasteiger partial charge in [-0.3, -0.25) is 4.90 Å². The molecule has 0 aromatic rings. The van der Waals surface area contributed by atoms with E-state index < -0.39 is 0 Å². The molecular formula is C17H32N2. The minimum atomic E-state index is 0.538. The third-order valence-electron chi connectivity index (χ3n) is 6.15. The Morgan fingerprint density at radius 1 is 1.11 bits per heavy atom. The third kappa shape index (κ3) is 2.85. The first-order chi connectivity index (χ1) is 9.34. The van der Waals surface area contributed by atoms with Gasteiger partial charge in [0.1, 0.15) is 0 Å². The van der Waals surface area contributed by atoms with Crippen molar-refractivity contribution in [2.75, 3.05) is 19.6 Å². The Morgan fingerprint density at radius 3 is 2.74 bits per heavy atom. The van der Waals surface area contributed by atoms with Crippen molar-refractivity contribution in [2.24, 2.45) is 5.92 Å². The van der Waals surface area contributed by atoms with E-state index in [0.29, 0.717) is 5.54 Å². The summed E-state index contributed by atoms with van der Waals surface area (Å²) >= 11 is 0. The molecule has 0 radical (unpaired) electrons. The van der Waals surface area contributed by atoms with Crippen LogP contribution in [0.2, 0.25) is 0 Å². The molecule has 1 N–H and O–H groups in total. The molecule has 2 atom stereocenters. The molecule has 19 heavy (non-hydrogen) atoms. The molecule has 3 aliphatic rings. The van der Waals surface area contributed by atoms with Gasteiger partial charge < -0.3 is 5.32 Å². The molecule has 2 aliphatic carbocycles. The lowest BCUT2D eigenvalue weighted by Gasteiger charge is -2.54. The second-order valence-electron chi connectivity index (χ2n) is 7.25. The summed E-state index contributed by atoms with van der Waals surface area (Å²) in [5.74, 6) is 1.01. The Kier molecular flexibility index (Phi) is 4.48. The van der Waals surface area contributed by atoms with E-state index in [2.05, 4.69) is 17.1 Å². The van der Waals surface area contributed by atoms with Gasteiger partial charge in [-0.25, -0.2) is 0 Å². The van der Waals surface area contributed by atoms with Crippen molar-refractivity contribution >= 4 is 0 Å². The van der Waals surface area contributed by atoms with Crippen LogP contribution in [0.3, 0.4) is 0 Å². The average molecular weight is 264 g/mol. The number of nitrogens with zero attached hydrogens (tertiary/aromatic N) is 1. The Balaban J connectivity index is 1.72. The fourth-order valence-electron chi connectivity index (χ4n) is 5.02. The minimum Gasteiger partial charge on any atom is -0.314 e. The molecule has 1 spiro atoms. The van der Waals surface area contributed by atoms with E-state index in [1.807, 2.05) is 0 Å². The van der Waals surface area contributed by atoms with Crippen LogP contribution in [0, 0.1) is 5.92 Å². The van der Waals surface area contributed by atoms with E-state index in [1.54, 1.807) is 0 Å². The molecule has 0 aromatic heterocycles. The average Bonchev–Trinajstić information content (AvgIpc) is 2.49. The van der Waals surface area contributed by atoms with Gasteiger partial charge in [0.2, 0.25) is 0 Å². The van der Waals surface area contributed by atoms with Crippen LogP contribution in [0.25, 0.3) is 0 Å². The summed E-state index contributed by atoms with van der Waals surface area (Å²) < 4.78 is 0. The van der Waals surface area contributed by atoms with Gasteiger partial charge in [0.15, 0.2) is 0 Å². The normalized spacial score (nSPS) is 36.5. The maximum atomic E-state index is 3.70. The van der Waals surface area contributed by atoms with Gasteiger partial charge >= 0.3 is 0 Å². The Hall–Kier alpha value is -0.0800. The summed E-state index contributed by atoms with van der Waals surface area (Å²) in [7, 11) is 0. The van der Waals surface area contributed by atoms with Crippen molar-refractivity contribution in [3.63, 3.8) is 0 Å². The van der Waals surface area contributed by atoms with E-state index in [1.165, 1.54) is 83.8 Å². The topological polar surface area (TPSA) is 15.3 Å². The first-order valence-electron chi connectivity index (χ1n) is 8.81. The van der Waals surface area contributed by atoms with Crippen LogP contribution in [0.5, 0.6) is 0 Å². The fraction of sp³-hybridized carbons (Fsp3) is 1.00. The van der Waals surface area contributed by atoms with Crippen molar-refractivity contribution in [1.29, 1.82) is 0 Å². The number of piperazine rings is 1. The van der Waals surface area contributed by atoms with Crippen LogP contribution < -0.4 is 5.32 Å². The van der Waals surface area contributed by atoms with Crippen LogP contribution in [-0.4, -0.2) is 36.1 Å². The quantitative estimate of drug-likeness (QED) is 0.820. The van der Waals surface area contributed by atoms with E-state index in [-0.39, 0.29) is 0 Å². The van der Waals surface area contributed by atoms with E-state index in [0.717, 1.165) is 12.0 Å². The molecule has 0 bridgehead atoms. The summed E-state index contributed by atoms with van der Waals surface area (Å²) in [4.78, 5) is 2.98. The van der Waals surface area contributed by atoms with E-state index >= 15 is 0 Å². The fourth-order valence-corrected chi connectivity index (χ4v) is 5.02. The highest BCUT2D eigenvalue weighted by atomic mass is 15.3. The Bertz CT molecular complexity index is 275. The van der Waals surface area contributed by atoms with Crippen LogP contribution in [0.15, 0.2) is 0 Å². The number of hydrogen-bond acceptors (Lipinski definition) is 2. The van der Waals surface area contributed by atoms with Gasteiger partial charge in [0, 0.05) is 31.2 Å². The van der Waals surface area contributed by atoms with Gasteiger partial charge in [-0.05, 0) is 31.6 Å². The lowest BCUT2D eigenvalue weighted by molar-refractivity contribution is -0.0257. The molecule has 3 fully saturated rings. The standard InChI is InChI=1S/C17H32N2/c1-2-15-7-6-8-16(13-15)19-12-11-18-14-17(19)9-4-3-5-10-17/h15-16,18H,2-14H2,1H3. The summed E-state index contributed by atoms with van der Waals surface area (Å²) in [6, 6.07) is 0.902. The molecule has 110 valence electrons. The molecule has 1 saturated heterocycles. The van der Waals surface area contributed by atoms with E-state index in [9.17, 15) is 0 Å². The molecule has 0 aromatic carbocycles. The molecule has 1 aliphatic heterocycles. The van der Waals surface area contributed by atoms with Crippen LogP contribution in [0.1, 0.15) is 71.1 Å². The summed E-state index contributed by atoms with van der Waals surface area (Å²) in [5, 5.41) is 3.70. The van der Waals surface area contributed by atoms with Crippen molar-refractivity contribution in [2.45, 2.75) is 82.7 Å². The molecule has 3 rings (SSSR count). The summed E-state index contributed by atoms with van der Waals surface area (Å²) in [6.45, 7) is 6.18. The number of rotatable bonds is 2. The zero-order chi connectivity index (χ0) is 13.1. The second-order valence-corrected chi connectivity index (χ2v) is 7.25. The zero-order valence-corrected chi connectivity index (χ0v) is 12.8. The monoisotopic (exact) mass is 264 g/mol. The van der Waals surface area contributed by atoms with Gasteiger partial charge in [0.05, 0.1) is 0 Å². The molecule has 2 saturated carbocycles. The van der Waals surface area contributed by atoms with Crippen molar-refractivity contribution in [3.8, 4) is 0 Å².